The molecule has 2 saturated heterocycles. The number of ether oxygens (including phenoxy) is 1. The Morgan fingerprint density at radius 3 is 2.71 bits per heavy atom. The lowest BCUT2D eigenvalue weighted by atomic mass is 10.1. The number of carbonyl (C=O) groups is 1. The number of hydrogen-bond donors (Lipinski definition) is 0. The Bertz CT molecular complexity index is 555. The van der Waals surface area contributed by atoms with Crippen molar-refractivity contribution in [2.24, 2.45) is 7.05 Å². The van der Waals surface area contributed by atoms with E-state index in [4.69, 9.17) is 4.74 Å². The van der Waals surface area contributed by atoms with Crippen LogP contribution in [0.15, 0.2) is 6.33 Å². The molecular weight excluding hydrogens is 308 g/mol. The van der Waals surface area contributed by atoms with Crippen LogP contribution in [0, 0.1) is 0 Å². The summed E-state index contributed by atoms with van der Waals surface area (Å²) in [5, 5.41) is 8.07. The Kier molecular flexibility index (Phi) is 5.47. The van der Waals surface area contributed by atoms with Crippen molar-refractivity contribution in [1.29, 1.82) is 0 Å². The molecule has 2 fully saturated rings. The Morgan fingerprint density at radius 2 is 2.08 bits per heavy atom. The Labute approximate surface area is 143 Å². The Morgan fingerprint density at radius 1 is 1.33 bits per heavy atom. The zero-order valence-corrected chi connectivity index (χ0v) is 14.9. The molecule has 134 valence electrons. The zero-order chi connectivity index (χ0) is 17.1. The van der Waals surface area contributed by atoms with E-state index in [2.05, 4.69) is 26.9 Å². The first kappa shape index (κ1) is 17.3. The standard InChI is InChI=1S/C16H28N6O2/c1-4-20-5-7-21(8-6-20)16(23)13(2)22-9-10-24-14(11-22)15-18-17-12-19(15)3/h12-14H,4-11H2,1-3H3. The van der Waals surface area contributed by atoms with E-state index in [0.717, 1.165) is 45.1 Å². The monoisotopic (exact) mass is 336 g/mol. The highest BCUT2D eigenvalue weighted by atomic mass is 16.5. The van der Waals surface area contributed by atoms with Gasteiger partial charge in [0, 0.05) is 46.3 Å². The first-order chi connectivity index (χ1) is 11.6. The highest BCUT2D eigenvalue weighted by molar-refractivity contribution is 5.81. The van der Waals surface area contributed by atoms with Gasteiger partial charge in [-0.05, 0) is 13.5 Å². The molecule has 0 aromatic carbocycles. The van der Waals surface area contributed by atoms with Gasteiger partial charge in [-0.2, -0.15) is 0 Å². The van der Waals surface area contributed by atoms with Crippen LogP contribution in [0.2, 0.25) is 0 Å². The summed E-state index contributed by atoms with van der Waals surface area (Å²) in [6.45, 7) is 10.9. The number of carbonyl (C=O) groups excluding carboxylic acids is 1. The van der Waals surface area contributed by atoms with E-state index in [-0.39, 0.29) is 18.1 Å². The van der Waals surface area contributed by atoms with Gasteiger partial charge in [-0.25, -0.2) is 0 Å². The van der Waals surface area contributed by atoms with E-state index in [9.17, 15) is 4.79 Å². The van der Waals surface area contributed by atoms with Gasteiger partial charge in [-0.1, -0.05) is 6.92 Å². The van der Waals surface area contributed by atoms with E-state index in [0.29, 0.717) is 13.2 Å². The molecule has 2 atom stereocenters. The second-order valence-corrected chi connectivity index (χ2v) is 6.59. The van der Waals surface area contributed by atoms with Gasteiger partial charge in [-0.3, -0.25) is 9.69 Å². The third kappa shape index (κ3) is 3.60. The van der Waals surface area contributed by atoms with Crippen LogP contribution in [0.3, 0.4) is 0 Å². The van der Waals surface area contributed by atoms with E-state index in [1.54, 1.807) is 6.33 Å². The number of nitrogens with zero attached hydrogens (tertiary/aromatic N) is 6. The van der Waals surface area contributed by atoms with Crippen LogP contribution in [0.4, 0.5) is 0 Å². The number of likely N-dealkylation sites (N-methyl/N-ethyl adjacent to an activating group) is 1. The highest BCUT2D eigenvalue weighted by Crippen LogP contribution is 2.22. The van der Waals surface area contributed by atoms with Crippen molar-refractivity contribution in [2.45, 2.75) is 26.0 Å². The molecule has 1 aromatic rings. The lowest BCUT2D eigenvalue weighted by Gasteiger charge is -2.40. The molecule has 2 aliphatic heterocycles. The highest BCUT2D eigenvalue weighted by Gasteiger charge is 2.33. The second-order valence-electron chi connectivity index (χ2n) is 6.59. The molecule has 0 bridgehead atoms. The fraction of sp³-hybridized carbons (Fsp3) is 0.812. The Balaban J connectivity index is 1.59. The first-order valence-corrected chi connectivity index (χ1v) is 8.80. The minimum atomic E-state index is -0.127. The summed E-state index contributed by atoms with van der Waals surface area (Å²) in [5.41, 5.74) is 0. The number of aryl methyl sites for hydroxylation is 1. The SMILES string of the molecule is CCN1CCN(C(=O)C(C)N2CCOC(c3nncn3C)C2)CC1. The maximum atomic E-state index is 12.8. The lowest BCUT2D eigenvalue weighted by molar-refractivity contribution is -0.141. The minimum absolute atomic E-state index is 0.126. The fourth-order valence-electron chi connectivity index (χ4n) is 3.47. The Hall–Kier alpha value is -1.51. The van der Waals surface area contributed by atoms with Crippen LogP contribution in [0.1, 0.15) is 25.8 Å². The van der Waals surface area contributed by atoms with Crippen LogP contribution in [0.25, 0.3) is 0 Å². The summed E-state index contributed by atoms with van der Waals surface area (Å²) < 4.78 is 7.72. The van der Waals surface area contributed by atoms with Crippen molar-refractivity contribution in [3.05, 3.63) is 12.2 Å². The molecule has 3 rings (SSSR count). The zero-order valence-electron chi connectivity index (χ0n) is 14.9. The molecule has 2 unspecified atom stereocenters. The molecule has 2 aliphatic rings. The summed E-state index contributed by atoms with van der Waals surface area (Å²) in [7, 11) is 1.92. The van der Waals surface area contributed by atoms with Crippen molar-refractivity contribution < 1.29 is 9.53 Å². The van der Waals surface area contributed by atoms with Gasteiger partial charge in [-0.15, -0.1) is 10.2 Å². The summed E-state index contributed by atoms with van der Waals surface area (Å²) in [6, 6.07) is -0.127. The number of rotatable bonds is 4. The summed E-state index contributed by atoms with van der Waals surface area (Å²) in [6.07, 6.45) is 1.55. The molecule has 0 aliphatic carbocycles. The summed E-state index contributed by atoms with van der Waals surface area (Å²) in [5.74, 6) is 1.04. The van der Waals surface area contributed by atoms with Crippen LogP contribution in [0.5, 0.6) is 0 Å². The predicted molar refractivity (Wildman–Crippen MR) is 89.4 cm³/mol. The molecular formula is C16H28N6O2. The molecule has 3 heterocycles. The minimum Gasteiger partial charge on any atom is -0.368 e. The largest absolute Gasteiger partial charge is 0.368 e. The average molecular weight is 336 g/mol. The number of hydrogen-bond acceptors (Lipinski definition) is 6. The molecule has 1 amide bonds. The van der Waals surface area contributed by atoms with Crippen molar-refractivity contribution in [1.82, 2.24) is 29.5 Å². The second kappa shape index (κ2) is 7.58. The smallest absolute Gasteiger partial charge is 0.239 e. The maximum absolute atomic E-state index is 12.8. The molecule has 8 nitrogen and oxygen atoms in total. The van der Waals surface area contributed by atoms with Gasteiger partial charge >= 0.3 is 0 Å². The topological polar surface area (TPSA) is 66.7 Å². The molecule has 0 N–H and O–H groups in total. The third-order valence-corrected chi connectivity index (χ3v) is 5.17. The van der Waals surface area contributed by atoms with Gasteiger partial charge in [0.25, 0.3) is 0 Å². The van der Waals surface area contributed by atoms with E-state index < -0.39 is 0 Å². The fourth-order valence-corrected chi connectivity index (χ4v) is 3.47. The lowest BCUT2D eigenvalue weighted by Crippen LogP contribution is -2.56. The normalized spacial score (nSPS) is 25.0. The van der Waals surface area contributed by atoms with Crippen LogP contribution >= 0.6 is 0 Å². The average Bonchev–Trinajstić information content (AvgIpc) is 3.06. The van der Waals surface area contributed by atoms with Crippen molar-refractivity contribution in [2.75, 3.05) is 52.4 Å². The van der Waals surface area contributed by atoms with Crippen molar-refractivity contribution >= 4 is 5.91 Å². The van der Waals surface area contributed by atoms with Gasteiger partial charge in [0.05, 0.1) is 12.6 Å². The summed E-state index contributed by atoms with van der Waals surface area (Å²) >= 11 is 0. The van der Waals surface area contributed by atoms with Crippen LogP contribution in [-0.4, -0.2) is 93.8 Å². The van der Waals surface area contributed by atoms with E-state index in [1.165, 1.54) is 0 Å². The number of aromatic nitrogens is 3. The molecule has 1 aromatic heterocycles. The third-order valence-electron chi connectivity index (χ3n) is 5.17. The van der Waals surface area contributed by atoms with Gasteiger partial charge in [0.15, 0.2) is 5.82 Å². The molecule has 0 spiro atoms. The van der Waals surface area contributed by atoms with Crippen LogP contribution in [-0.2, 0) is 16.6 Å². The molecule has 0 radical (unpaired) electrons. The molecule has 8 heteroatoms. The van der Waals surface area contributed by atoms with Gasteiger partial charge in [0.2, 0.25) is 5.91 Å². The van der Waals surface area contributed by atoms with E-state index >= 15 is 0 Å². The summed E-state index contributed by atoms with van der Waals surface area (Å²) in [4.78, 5) is 19.4. The van der Waals surface area contributed by atoms with Crippen molar-refractivity contribution in [3.63, 3.8) is 0 Å². The number of amides is 1. The predicted octanol–water partition coefficient (Wildman–Crippen LogP) is -0.259. The number of morpholine rings is 1. The van der Waals surface area contributed by atoms with E-state index in [1.807, 2.05) is 23.4 Å². The quantitative estimate of drug-likeness (QED) is 0.755. The maximum Gasteiger partial charge on any atom is 0.239 e. The van der Waals surface area contributed by atoms with Crippen molar-refractivity contribution in [3.8, 4) is 0 Å². The first-order valence-electron chi connectivity index (χ1n) is 8.80. The number of piperazine rings is 1. The van der Waals surface area contributed by atoms with Crippen LogP contribution < -0.4 is 0 Å². The molecule has 24 heavy (non-hydrogen) atoms. The molecule has 0 saturated carbocycles. The van der Waals surface area contributed by atoms with Gasteiger partial charge < -0.3 is 19.1 Å². The van der Waals surface area contributed by atoms with Gasteiger partial charge in [0.1, 0.15) is 12.4 Å².